The highest BCUT2D eigenvalue weighted by molar-refractivity contribution is 6.31. The first kappa shape index (κ1) is 13.3. The molecule has 3 rings (SSSR count). The van der Waals surface area contributed by atoms with Crippen LogP contribution in [0, 0.1) is 11.6 Å². The van der Waals surface area contributed by atoms with E-state index in [-0.39, 0.29) is 22.8 Å². The van der Waals surface area contributed by atoms with Gasteiger partial charge in [0.25, 0.3) is 0 Å². The van der Waals surface area contributed by atoms with E-state index in [1.54, 1.807) is 6.07 Å². The molecular formula is C15H11ClF2O2. The Bertz CT molecular complexity index is 640. The SMILES string of the molecule is O[C@@H]1CC(c2c(F)cccc2Cl)Oc2cc(F)ccc21. The maximum absolute atomic E-state index is 13.9. The van der Waals surface area contributed by atoms with E-state index in [0.717, 1.165) is 0 Å². The third-order valence-electron chi connectivity index (χ3n) is 3.36. The number of halogens is 3. The third-order valence-corrected chi connectivity index (χ3v) is 3.69. The van der Waals surface area contributed by atoms with Gasteiger partial charge in [-0.05, 0) is 24.3 Å². The van der Waals surface area contributed by atoms with Crippen molar-refractivity contribution in [2.75, 3.05) is 0 Å². The molecule has 0 radical (unpaired) electrons. The van der Waals surface area contributed by atoms with E-state index in [1.807, 2.05) is 0 Å². The zero-order chi connectivity index (χ0) is 14.3. The van der Waals surface area contributed by atoms with Crippen LogP contribution in [0.5, 0.6) is 5.75 Å². The summed E-state index contributed by atoms with van der Waals surface area (Å²) >= 11 is 5.99. The monoisotopic (exact) mass is 296 g/mol. The Labute approximate surface area is 119 Å². The van der Waals surface area contributed by atoms with Gasteiger partial charge in [0.05, 0.1) is 11.1 Å². The minimum atomic E-state index is -0.847. The normalized spacial score (nSPS) is 21.2. The zero-order valence-electron chi connectivity index (χ0n) is 10.3. The first-order valence-corrected chi connectivity index (χ1v) is 6.52. The predicted molar refractivity (Wildman–Crippen MR) is 70.8 cm³/mol. The van der Waals surface area contributed by atoms with Crippen LogP contribution in [0.1, 0.15) is 29.8 Å². The standard InChI is InChI=1S/C15H11ClF2O2/c16-10-2-1-3-11(18)15(10)14-7-12(19)9-5-4-8(17)6-13(9)20-14/h1-6,12,14,19H,7H2/t12-,14?/m1/s1. The number of hydrogen-bond donors (Lipinski definition) is 1. The lowest BCUT2D eigenvalue weighted by Gasteiger charge is -2.30. The van der Waals surface area contributed by atoms with E-state index in [2.05, 4.69) is 0 Å². The number of rotatable bonds is 1. The van der Waals surface area contributed by atoms with Crippen LogP contribution in [0.15, 0.2) is 36.4 Å². The summed E-state index contributed by atoms with van der Waals surface area (Å²) in [4.78, 5) is 0. The molecule has 1 aliphatic rings. The topological polar surface area (TPSA) is 29.5 Å². The maximum atomic E-state index is 13.9. The van der Waals surface area contributed by atoms with Gasteiger partial charge in [0.15, 0.2) is 0 Å². The van der Waals surface area contributed by atoms with Crippen LogP contribution < -0.4 is 4.74 Å². The highest BCUT2D eigenvalue weighted by Crippen LogP contribution is 2.43. The van der Waals surface area contributed by atoms with Gasteiger partial charge in [-0.2, -0.15) is 0 Å². The molecule has 2 atom stereocenters. The second-order valence-electron chi connectivity index (χ2n) is 4.68. The quantitative estimate of drug-likeness (QED) is 0.855. The molecule has 2 nitrogen and oxygen atoms in total. The molecule has 0 aliphatic carbocycles. The molecule has 1 unspecified atom stereocenters. The molecule has 2 aromatic carbocycles. The van der Waals surface area contributed by atoms with Crippen LogP contribution in [0.2, 0.25) is 5.02 Å². The largest absolute Gasteiger partial charge is 0.485 e. The molecule has 1 N–H and O–H groups in total. The van der Waals surface area contributed by atoms with Crippen molar-refractivity contribution >= 4 is 11.6 Å². The lowest BCUT2D eigenvalue weighted by atomic mass is 9.94. The van der Waals surface area contributed by atoms with Crippen molar-refractivity contribution in [3.8, 4) is 5.75 Å². The summed E-state index contributed by atoms with van der Waals surface area (Å²) in [5, 5.41) is 10.3. The van der Waals surface area contributed by atoms with Crippen molar-refractivity contribution in [3.05, 3.63) is 64.2 Å². The molecule has 0 bridgehead atoms. The molecule has 0 amide bonds. The van der Waals surface area contributed by atoms with Crippen LogP contribution in [-0.2, 0) is 0 Å². The van der Waals surface area contributed by atoms with E-state index in [4.69, 9.17) is 16.3 Å². The number of ether oxygens (including phenoxy) is 1. The summed E-state index contributed by atoms with van der Waals surface area (Å²) in [6.45, 7) is 0. The van der Waals surface area contributed by atoms with E-state index in [9.17, 15) is 13.9 Å². The van der Waals surface area contributed by atoms with Crippen molar-refractivity contribution in [1.82, 2.24) is 0 Å². The van der Waals surface area contributed by atoms with Gasteiger partial charge >= 0.3 is 0 Å². The number of aliphatic hydroxyl groups excluding tert-OH is 1. The summed E-state index contributed by atoms with van der Waals surface area (Å²) in [6.07, 6.45) is -1.42. The van der Waals surface area contributed by atoms with Crippen LogP contribution in [0.3, 0.4) is 0 Å². The smallest absolute Gasteiger partial charge is 0.131 e. The van der Waals surface area contributed by atoms with E-state index < -0.39 is 23.8 Å². The average Bonchev–Trinajstić information content (AvgIpc) is 2.38. The van der Waals surface area contributed by atoms with Gasteiger partial charge in [-0.25, -0.2) is 8.78 Å². The fraction of sp³-hybridized carbons (Fsp3) is 0.200. The lowest BCUT2D eigenvalue weighted by molar-refractivity contribution is 0.0637. The summed E-state index contributed by atoms with van der Waals surface area (Å²) in [6, 6.07) is 8.22. The van der Waals surface area contributed by atoms with Crippen LogP contribution in [0.25, 0.3) is 0 Å². The Morgan fingerprint density at radius 3 is 2.75 bits per heavy atom. The zero-order valence-corrected chi connectivity index (χ0v) is 11.1. The predicted octanol–water partition coefficient (Wildman–Crippen LogP) is 4.18. The molecule has 1 aliphatic heterocycles. The van der Waals surface area contributed by atoms with Gasteiger partial charge in [0.1, 0.15) is 23.5 Å². The molecule has 0 aromatic heterocycles. The summed E-state index contributed by atoms with van der Waals surface area (Å²) in [5.74, 6) is -0.765. The molecule has 0 spiro atoms. The fourth-order valence-electron chi connectivity index (χ4n) is 2.41. The van der Waals surface area contributed by atoms with Crippen LogP contribution >= 0.6 is 11.6 Å². The Kier molecular flexibility index (Phi) is 3.36. The van der Waals surface area contributed by atoms with Crippen LogP contribution in [-0.4, -0.2) is 5.11 Å². The molecule has 5 heteroatoms. The first-order valence-electron chi connectivity index (χ1n) is 6.14. The summed E-state index contributed by atoms with van der Waals surface area (Å²) < 4.78 is 32.8. The molecule has 104 valence electrons. The second-order valence-corrected chi connectivity index (χ2v) is 5.08. The van der Waals surface area contributed by atoms with E-state index in [1.165, 1.54) is 30.3 Å². The minimum Gasteiger partial charge on any atom is -0.485 e. The molecule has 0 saturated heterocycles. The van der Waals surface area contributed by atoms with E-state index >= 15 is 0 Å². The molecular weight excluding hydrogens is 286 g/mol. The number of hydrogen-bond acceptors (Lipinski definition) is 2. The third kappa shape index (κ3) is 2.25. The summed E-state index contributed by atoms with van der Waals surface area (Å²) in [7, 11) is 0. The van der Waals surface area contributed by atoms with E-state index in [0.29, 0.717) is 5.56 Å². The van der Waals surface area contributed by atoms with Gasteiger partial charge in [0.2, 0.25) is 0 Å². The number of aliphatic hydroxyl groups is 1. The lowest BCUT2D eigenvalue weighted by Crippen LogP contribution is -2.20. The number of fused-ring (bicyclic) bond motifs is 1. The van der Waals surface area contributed by atoms with Gasteiger partial charge in [-0.3, -0.25) is 0 Å². The van der Waals surface area contributed by atoms with Gasteiger partial charge in [-0.15, -0.1) is 0 Å². The highest BCUT2D eigenvalue weighted by atomic mass is 35.5. The molecule has 0 saturated carbocycles. The van der Waals surface area contributed by atoms with Crippen molar-refractivity contribution in [3.63, 3.8) is 0 Å². The summed E-state index contributed by atoms with van der Waals surface area (Å²) in [5.41, 5.74) is 0.679. The number of benzene rings is 2. The Morgan fingerprint density at radius 2 is 2.00 bits per heavy atom. The molecule has 0 fully saturated rings. The fourth-order valence-corrected chi connectivity index (χ4v) is 2.70. The molecule has 2 aromatic rings. The molecule has 20 heavy (non-hydrogen) atoms. The van der Waals surface area contributed by atoms with Gasteiger partial charge < -0.3 is 9.84 Å². The van der Waals surface area contributed by atoms with Gasteiger partial charge in [0, 0.05) is 23.6 Å². The maximum Gasteiger partial charge on any atom is 0.131 e. The average molecular weight is 297 g/mol. The Morgan fingerprint density at radius 1 is 1.20 bits per heavy atom. The Hall–Kier alpha value is -1.65. The first-order chi connectivity index (χ1) is 9.56. The second kappa shape index (κ2) is 5.04. The Balaban J connectivity index is 2.03. The minimum absolute atomic E-state index is 0.166. The highest BCUT2D eigenvalue weighted by Gasteiger charge is 2.31. The molecule has 1 heterocycles. The van der Waals surface area contributed by atoms with Crippen molar-refractivity contribution in [2.45, 2.75) is 18.6 Å². The van der Waals surface area contributed by atoms with Crippen molar-refractivity contribution < 1.29 is 18.6 Å². The van der Waals surface area contributed by atoms with Crippen molar-refractivity contribution in [1.29, 1.82) is 0 Å². The van der Waals surface area contributed by atoms with Gasteiger partial charge in [-0.1, -0.05) is 17.7 Å². The van der Waals surface area contributed by atoms with Crippen molar-refractivity contribution in [2.24, 2.45) is 0 Å². The van der Waals surface area contributed by atoms with Crippen LogP contribution in [0.4, 0.5) is 8.78 Å².